The van der Waals surface area contributed by atoms with E-state index in [1.807, 2.05) is 25.1 Å². The molecule has 3 rings (SSSR count). The van der Waals surface area contributed by atoms with Crippen LogP contribution in [0.3, 0.4) is 0 Å². The number of ether oxygens (including phenoxy) is 2. The number of hydrogen-bond donors (Lipinski definition) is 2. The predicted molar refractivity (Wildman–Crippen MR) is 117 cm³/mol. The molecule has 0 aliphatic carbocycles. The number of nitrogens with zero attached hydrogens (tertiary/aromatic N) is 2. The third-order valence-electron chi connectivity index (χ3n) is 5.10. The van der Waals surface area contributed by atoms with Gasteiger partial charge in [0.2, 0.25) is 0 Å². The average molecular weight is 415 g/mol. The molecule has 0 saturated carbocycles. The number of nitrogens with one attached hydrogen (secondary N) is 2. The quantitative estimate of drug-likeness (QED) is 0.514. The molecule has 1 aliphatic rings. The molecule has 7 heteroatoms. The van der Waals surface area contributed by atoms with Crippen molar-refractivity contribution in [1.82, 2.24) is 15.5 Å². The third kappa shape index (κ3) is 6.43. The Labute approximate surface area is 178 Å². The molecular formula is C23H31FN4O2. The Kier molecular flexibility index (Phi) is 8.47. The molecule has 1 unspecified atom stereocenters. The molecule has 0 spiro atoms. The van der Waals surface area contributed by atoms with Crippen LogP contribution in [0.4, 0.5) is 4.39 Å². The maximum absolute atomic E-state index is 13.4. The molecule has 1 heterocycles. The highest BCUT2D eigenvalue weighted by Crippen LogP contribution is 2.23. The second-order valence-electron chi connectivity index (χ2n) is 7.14. The van der Waals surface area contributed by atoms with Gasteiger partial charge in [0.25, 0.3) is 0 Å². The van der Waals surface area contributed by atoms with Gasteiger partial charge in [0.05, 0.1) is 32.9 Å². The van der Waals surface area contributed by atoms with Crippen LogP contribution in [0.25, 0.3) is 0 Å². The fourth-order valence-electron chi connectivity index (χ4n) is 3.51. The van der Waals surface area contributed by atoms with Gasteiger partial charge < -0.3 is 20.1 Å². The molecule has 30 heavy (non-hydrogen) atoms. The summed E-state index contributed by atoms with van der Waals surface area (Å²) in [6.07, 6.45) is 0. The van der Waals surface area contributed by atoms with E-state index in [0.29, 0.717) is 19.0 Å². The fraction of sp³-hybridized carbons (Fsp3) is 0.435. The van der Waals surface area contributed by atoms with Crippen LogP contribution in [-0.2, 0) is 11.3 Å². The zero-order valence-corrected chi connectivity index (χ0v) is 17.7. The summed E-state index contributed by atoms with van der Waals surface area (Å²) < 4.78 is 24.3. The van der Waals surface area contributed by atoms with E-state index in [0.717, 1.165) is 44.2 Å². The van der Waals surface area contributed by atoms with Crippen LogP contribution in [0.1, 0.15) is 24.1 Å². The van der Waals surface area contributed by atoms with Crippen LogP contribution in [0, 0.1) is 5.82 Å². The van der Waals surface area contributed by atoms with Crippen LogP contribution in [0.15, 0.2) is 53.5 Å². The van der Waals surface area contributed by atoms with Crippen LogP contribution >= 0.6 is 0 Å². The molecule has 2 aromatic carbocycles. The van der Waals surface area contributed by atoms with E-state index < -0.39 is 0 Å². The van der Waals surface area contributed by atoms with Crippen LogP contribution < -0.4 is 15.4 Å². The van der Waals surface area contributed by atoms with E-state index in [-0.39, 0.29) is 11.9 Å². The zero-order chi connectivity index (χ0) is 21.2. The summed E-state index contributed by atoms with van der Waals surface area (Å²) >= 11 is 0. The Morgan fingerprint density at radius 1 is 1.17 bits per heavy atom. The summed E-state index contributed by atoms with van der Waals surface area (Å²) in [5, 5.41) is 6.74. The van der Waals surface area contributed by atoms with E-state index in [1.165, 1.54) is 17.7 Å². The van der Waals surface area contributed by atoms with Crippen molar-refractivity contribution in [1.29, 1.82) is 0 Å². The van der Waals surface area contributed by atoms with Crippen molar-refractivity contribution in [3.63, 3.8) is 0 Å². The first-order valence-corrected chi connectivity index (χ1v) is 10.4. The molecule has 0 radical (unpaired) electrons. The summed E-state index contributed by atoms with van der Waals surface area (Å²) in [5.41, 5.74) is 2.05. The number of benzene rings is 2. The molecule has 0 amide bonds. The number of morpholine rings is 1. The summed E-state index contributed by atoms with van der Waals surface area (Å²) in [7, 11) is 1.67. The van der Waals surface area contributed by atoms with Crippen molar-refractivity contribution in [3.8, 4) is 5.75 Å². The average Bonchev–Trinajstić information content (AvgIpc) is 2.78. The van der Waals surface area contributed by atoms with Gasteiger partial charge in [0.1, 0.15) is 11.6 Å². The second-order valence-corrected chi connectivity index (χ2v) is 7.14. The normalized spacial score (nSPS) is 16.2. The van der Waals surface area contributed by atoms with Crippen molar-refractivity contribution >= 4 is 5.96 Å². The van der Waals surface area contributed by atoms with Gasteiger partial charge in [-0.15, -0.1) is 0 Å². The summed E-state index contributed by atoms with van der Waals surface area (Å²) in [4.78, 5) is 7.05. The predicted octanol–water partition coefficient (Wildman–Crippen LogP) is 2.96. The highest BCUT2D eigenvalue weighted by molar-refractivity contribution is 5.79. The molecule has 1 aliphatic heterocycles. The smallest absolute Gasteiger partial charge is 0.191 e. The van der Waals surface area contributed by atoms with Gasteiger partial charge >= 0.3 is 0 Å². The number of aliphatic imine (C=N–C) groups is 1. The number of guanidine groups is 1. The minimum atomic E-state index is -0.243. The van der Waals surface area contributed by atoms with Gasteiger partial charge in [-0.3, -0.25) is 4.90 Å². The maximum Gasteiger partial charge on any atom is 0.191 e. The van der Waals surface area contributed by atoms with Crippen molar-refractivity contribution in [3.05, 3.63) is 65.5 Å². The topological polar surface area (TPSA) is 58.1 Å². The van der Waals surface area contributed by atoms with Crippen LogP contribution in [0.2, 0.25) is 0 Å². The number of methoxy groups -OCH3 is 1. The minimum absolute atomic E-state index is 0.179. The molecule has 1 atom stereocenters. The first-order valence-electron chi connectivity index (χ1n) is 10.4. The Bertz CT molecular complexity index is 807. The standard InChI is InChI=1S/C23H31FN4O2/c1-3-25-23(26-16-18-5-4-6-20(24)15-18)27-17-22(28-11-13-30-14-12-28)19-7-9-21(29-2)10-8-19/h4-10,15,22H,3,11-14,16-17H2,1-2H3,(H2,25,26,27). The Morgan fingerprint density at radius 3 is 2.60 bits per heavy atom. The highest BCUT2D eigenvalue weighted by Gasteiger charge is 2.23. The first kappa shape index (κ1) is 22.1. The van der Waals surface area contributed by atoms with Gasteiger partial charge in [-0.2, -0.15) is 0 Å². The lowest BCUT2D eigenvalue weighted by molar-refractivity contribution is 0.0170. The maximum atomic E-state index is 13.4. The number of rotatable bonds is 8. The highest BCUT2D eigenvalue weighted by atomic mass is 19.1. The molecular weight excluding hydrogens is 383 g/mol. The van der Waals surface area contributed by atoms with E-state index >= 15 is 0 Å². The summed E-state index contributed by atoms with van der Waals surface area (Å²) in [6.45, 7) is 7.13. The van der Waals surface area contributed by atoms with E-state index in [4.69, 9.17) is 9.47 Å². The molecule has 6 nitrogen and oxygen atoms in total. The summed E-state index contributed by atoms with van der Waals surface area (Å²) in [5.74, 6) is 1.32. The Morgan fingerprint density at radius 2 is 1.93 bits per heavy atom. The third-order valence-corrected chi connectivity index (χ3v) is 5.10. The van der Waals surface area contributed by atoms with E-state index in [1.54, 1.807) is 13.2 Å². The molecule has 2 N–H and O–H groups in total. The Balaban J connectivity index is 1.71. The number of hydrogen-bond acceptors (Lipinski definition) is 4. The van der Waals surface area contributed by atoms with Crippen molar-refractivity contribution in [2.45, 2.75) is 19.5 Å². The van der Waals surface area contributed by atoms with E-state index in [2.05, 4.69) is 32.7 Å². The molecule has 162 valence electrons. The monoisotopic (exact) mass is 414 g/mol. The summed E-state index contributed by atoms with van der Waals surface area (Å²) in [6, 6.07) is 14.9. The van der Waals surface area contributed by atoms with Crippen molar-refractivity contribution < 1.29 is 13.9 Å². The lowest BCUT2D eigenvalue weighted by atomic mass is 10.0. The van der Waals surface area contributed by atoms with Gasteiger partial charge in [-0.05, 0) is 42.3 Å². The van der Waals surface area contributed by atoms with Crippen molar-refractivity contribution in [2.75, 3.05) is 46.5 Å². The SMILES string of the molecule is CCNC(=NCc1cccc(F)c1)NCC(c1ccc(OC)cc1)N1CCOCC1. The van der Waals surface area contributed by atoms with Gasteiger partial charge in [-0.1, -0.05) is 24.3 Å². The van der Waals surface area contributed by atoms with Crippen LogP contribution in [-0.4, -0.2) is 57.4 Å². The molecule has 0 bridgehead atoms. The van der Waals surface area contributed by atoms with Gasteiger partial charge in [-0.25, -0.2) is 9.38 Å². The zero-order valence-electron chi connectivity index (χ0n) is 17.7. The minimum Gasteiger partial charge on any atom is -0.497 e. The lowest BCUT2D eigenvalue weighted by Crippen LogP contribution is -2.46. The molecule has 1 fully saturated rings. The van der Waals surface area contributed by atoms with Crippen LogP contribution in [0.5, 0.6) is 5.75 Å². The molecule has 0 aromatic heterocycles. The Hall–Kier alpha value is -2.64. The lowest BCUT2D eigenvalue weighted by Gasteiger charge is -2.35. The second kappa shape index (κ2) is 11.5. The molecule has 2 aromatic rings. The van der Waals surface area contributed by atoms with Crippen molar-refractivity contribution in [2.24, 2.45) is 4.99 Å². The van der Waals surface area contributed by atoms with E-state index in [9.17, 15) is 4.39 Å². The van der Waals surface area contributed by atoms with Gasteiger partial charge in [0, 0.05) is 26.2 Å². The number of halogens is 1. The largest absolute Gasteiger partial charge is 0.497 e. The molecule has 1 saturated heterocycles. The first-order chi connectivity index (χ1) is 14.7. The fourth-order valence-corrected chi connectivity index (χ4v) is 3.51. The van der Waals surface area contributed by atoms with Gasteiger partial charge in [0.15, 0.2) is 5.96 Å².